The number of aryl methyl sites for hydroxylation is 1. The van der Waals surface area contributed by atoms with Crippen LogP contribution in [0.1, 0.15) is 23.6 Å². The number of fused-ring (bicyclic) bond motifs is 1. The lowest BCUT2D eigenvalue weighted by Crippen LogP contribution is -2.33. The van der Waals surface area contributed by atoms with Gasteiger partial charge in [-0.2, -0.15) is 0 Å². The average Bonchev–Trinajstić information content (AvgIpc) is 2.18. The molecule has 0 unspecified atom stereocenters. The van der Waals surface area contributed by atoms with E-state index in [9.17, 15) is 5.11 Å². The molecule has 0 spiro atoms. The zero-order valence-electron chi connectivity index (χ0n) is 7.83. The quantitative estimate of drug-likeness (QED) is 0.676. The van der Waals surface area contributed by atoms with Gasteiger partial charge in [0.25, 0.3) is 0 Å². The Morgan fingerprint density at radius 2 is 2.15 bits per heavy atom. The molecule has 0 aliphatic heterocycles. The summed E-state index contributed by atoms with van der Waals surface area (Å²) in [4.78, 5) is 0. The van der Waals surface area contributed by atoms with E-state index in [1.807, 2.05) is 13.1 Å². The molecular formula is C11H15NO. The molecule has 1 aliphatic carbocycles. The first-order valence-electron chi connectivity index (χ1n) is 4.76. The van der Waals surface area contributed by atoms with Gasteiger partial charge in [-0.1, -0.05) is 24.3 Å². The minimum absolute atomic E-state index is 0.116. The highest BCUT2D eigenvalue weighted by atomic mass is 16.3. The normalized spacial score (nSPS) is 26.9. The number of hydrogen-bond acceptors (Lipinski definition) is 2. The van der Waals surface area contributed by atoms with Gasteiger partial charge in [-0.15, -0.1) is 0 Å². The van der Waals surface area contributed by atoms with Gasteiger partial charge in [-0.25, -0.2) is 0 Å². The molecular weight excluding hydrogens is 162 g/mol. The molecule has 0 fully saturated rings. The summed E-state index contributed by atoms with van der Waals surface area (Å²) in [5, 5.41) is 12.9. The number of hydrogen-bond donors (Lipinski definition) is 2. The SMILES string of the molecule is CN[C@@H]1c2ccccc2CC[C@H]1O. The molecule has 1 aliphatic rings. The summed E-state index contributed by atoms with van der Waals surface area (Å²) in [5.41, 5.74) is 2.62. The lowest BCUT2D eigenvalue weighted by molar-refractivity contribution is 0.114. The molecule has 2 atom stereocenters. The van der Waals surface area contributed by atoms with Crippen molar-refractivity contribution in [2.24, 2.45) is 0 Å². The van der Waals surface area contributed by atoms with Crippen molar-refractivity contribution in [3.8, 4) is 0 Å². The first-order valence-corrected chi connectivity index (χ1v) is 4.76. The van der Waals surface area contributed by atoms with Gasteiger partial charge in [0.1, 0.15) is 0 Å². The standard InChI is InChI=1S/C11H15NO/c1-12-11-9-5-3-2-4-8(9)6-7-10(11)13/h2-5,10-13H,6-7H2,1H3/t10-,11-/m1/s1. The van der Waals surface area contributed by atoms with E-state index in [-0.39, 0.29) is 12.1 Å². The van der Waals surface area contributed by atoms with Crippen molar-refractivity contribution in [1.82, 2.24) is 5.32 Å². The maximum atomic E-state index is 9.75. The van der Waals surface area contributed by atoms with Crippen molar-refractivity contribution in [3.63, 3.8) is 0 Å². The first kappa shape index (κ1) is 8.73. The Morgan fingerprint density at radius 3 is 2.92 bits per heavy atom. The van der Waals surface area contributed by atoms with Crippen LogP contribution in [0.15, 0.2) is 24.3 Å². The van der Waals surface area contributed by atoms with E-state index in [0.29, 0.717) is 0 Å². The van der Waals surface area contributed by atoms with E-state index in [2.05, 4.69) is 23.5 Å². The summed E-state index contributed by atoms with van der Waals surface area (Å²) in [6.07, 6.45) is 1.62. The predicted molar refractivity (Wildman–Crippen MR) is 52.6 cm³/mol. The monoisotopic (exact) mass is 177 g/mol. The predicted octanol–water partition coefficient (Wildman–Crippen LogP) is 1.25. The van der Waals surface area contributed by atoms with Gasteiger partial charge in [0.2, 0.25) is 0 Å². The van der Waals surface area contributed by atoms with E-state index >= 15 is 0 Å². The maximum Gasteiger partial charge on any atom is 0.0738 e. The Morgan fingerprint density at radius 1 is 1.38 bits per heavy atom. The van der Waals surface area contributed by atoms with Gasteiger partial charge in [-0.3, -0.25) is 0 Å². The fraction of sp³-hybridized carbons (Fsp3) is 0.455. The number of likely N-dealkylation sites (N-methyl/N-ethyl adjacent to an activating group) is 1. The number of nitrogens with one attached hydrogen (secondary N) is 1. The van der Waals surface area contributed by atoms with E-state index in [0.717, 1.165) is 12.8 Å². The number of aliphatic hydroxyl groups is 1. The summed E-state index contributed by atoms with van der Waals surface area (Å²) in [6.45, 7) is 0. The maximum absolute atomic E-state index is 9.75. The molecule has 2 rings (SSSR count). The average molecular weight is 177 g/mol. The van der Waals surface area contributed by atoms with Gasteiger partial charge in [-0.05, 0) is 31.0 Å². The van der Waals surface area contributed by atoms with Gasteiger partial charge in [0.15, 0.2) is 0 Å². The van der Waals surface area contributed by atoms with Crippen molar-refractivity contribution in [2.45, 2.75) is 25.0 Å². The third-order valence-electron chi connectivity index (χ3n) is 2.80. The second kappa shape index (κ2) is 3.48. The molecule has 1 aromatic carbocycles. The van der Waals surface area contributed by atoms with Crippen molar-refractivity contribution in [3.05, 3.63) is 35.4 Å². The molecule has 0 amide bonds. The number of aliphatic hydroxyl groups excluding tert-OH is 1. The van der Waals surface area contributed by atoms with E-state index in [4.69, 9.17) is 0 Å². The first-order chi connectivity index (χ1) is 6.33. The highest BCUT2D eigenvalue weighted by Gasteiger charge is 2.25. The van der Waals surface area contributed by atoms with Crippen molar-refractivity contribution >= 4 is 0 Å². The summed E-state index contributed by atoms with van der Waals surface area (Å²) >= 11 is 0. The Hall–Kier alpha value is -0.860. The van der Waals surface area contributed by atoms with Crippen LogP contribution in [-0.2, 0) is 6.42 Å². The molecule has 0 aromatic heterocycles. The van der Waals surface area contributed by atoms with Gasteiger partial charge in [0.05, 0.1) is 12.1 Å². The summed E-state index contributed by atoms with van der Waals surface area (Å²) in [5.74, 6) is 0. The fourth-order valence-corrected chi connectivity index (χ4v) is 2.09. The molecule has 0 saturated carbocycles. The minimum Gasteiger partial charge on any atom is -0.391 e. The molecule has 0 bridgehead atoms. The van der Waals surface area contributed by atoms with Crippen molar-refractivity contribution in [1.29, 1.82) is 0 Å². The van der Waals surface area contributed by atoms with Crippen LogP contribution in [0.25, 0.3) is 0 Å². The Balaban J connectivity index is 2.39. The molecule has 13 heavy (non-hydrogen) atoms. The minimum atomic E-state index is -0.236. The van der Waals surface area contributed by atoms with E-state index < -0.39 is 0 Å². The lowest BCUT2D eigenvalue weighted by Gasteiger charge is -2.29. The lowest BCUT2D eigenvalue weighted by atomic mass is 9.86. The highest BCUT2D eigenvalue weighted by molar-refractivity contribution is 5.33. The van der Waals surface area contributed by atoms with Crippen LogP contribution in [0.4, 0.5) is 0 Å². The number of benzene rings is 1. The second-order valence-corrected chi connectivity index (χ2v) is 3.57. The van der Waals surface area contributed by atoms with Crippen LogP contribution in [0.3, 0.4) is 0 Å². The third kappa shape index (κ3) is 1.47. The molecule has 70 valence electrons. The fourth-order valence-electron chi connectivity index (χ4n) is 2.09. The third-order valence-corrected chi connectivity index (χ3v) is 2.80. The van der Waals surface area contributed by atoms with E-state index in [1.165, 1.54) is 11.1 Å². The smallest absolute Gasteiger partial charge is 0.0738 e. The molecule has 2 N–H and O–H groups in total. The summed E-state index contributed by atoms with van der Waals surface area (Å²) in [6, 6.07) is 8.44. The Labute approximate surface area is 78.6 Å². The molecule has 2 nitrogen and oxygen atoms in total. The zero-order chi connectivity index (χ0) is 9.26. The van der Waals surface area contributed by atoms with Crippen LogP contribution in [0.5, 0.6) is 0 Å². The molecule has 0 radical (unpaired) electrons. The Bertz CT molecular complexity index is 298. The zero-order valence-corrected chi connectivity index (χ0v) is 7.83. The largest absolute Gasteiger partial charge is 0.391 e. The number of rotatable bonds is 1. The van der Waals surface area contributed by atoms with Crippen LogP contribution < -0.4 is 5.32 Å². The van der Waals surface area contributed by atoms with Gasteiger partial charge in [0, 0.05) is 0 Å². The molecule has 2 heteroatoms. The topological polar surface area (TPSA) is 32.3 Å². The summed E-state index contributed by atoms with van der Waals surface area (Å²) in [7, 11) is 1.90. The second-order valence-electron chi connectivity index (χ2n) is 3.57. The molecule has 1 aromatic rings. The van der Waals surface area contributed by atoms with E-state index in [1.54, 1.807) is 0 Å². The van der Waals surface area contributed by atoms with Gasteiger partial charge >= 0.3 is 0 Å². The highest BCUT2D eigenvalue weighted by Crippen LogP contribution is 2.29. The van der Waals surface area contributed by atoms with Gasteiger partial charge < -0.3 is 10.4 Å². The van der Waals surface area contributed by atoms with Crippen molar-refractivity contribution in [2.75, 3.05) is 7.05 Å². The molecule has 0 heterocycles. The van der Waals surface area contributed by atoms with Crippen LogP contribution in [-0.4, -0.2) is 18.3 Å². The molecule has 0 saturated heterocycles. The van der Waals surface area contributed by atoms with Crippen LogP contribution >= 0.6 is 0 Å². The van der Waals surface area contributed by atoms with Crippen LogP contribution in [0, 0.1) is 0 Å². The summed E-state index contributed by atoms with van der Waals surface area (Å²) < 4.78 is 0. The van der Waals surface area contributed by atoms with Crippen molar-refractivity contribution < 1.29 is 5.11 Å². The Kier molecular flexibility index (Phi) is 2.34. The van der Waals surface area contributed by atoms with Crippen LogP contribution in [0.2, 0.25) is 0 Å².